The molecule has 1 aliphatic rings. The lowest BCUT2D eigenvalue weighted by molar-refractivity contribution is 0.0944. The lowest BCUT2D eigenvalue weighted by Gasteiger charge is -2.08. The van der Waals surface area contributed by atoms with Gasteiger partial charge in [-0.3, -0.25) is 14.6 Å². The van der Waals surface area contributed by atoms with E-state index in [1.165, 1.54) is 12.3 Å². The summed E-state index contributed by atoms with van der Waals surface area (Å²) in [6, 6.07) is 3.46. The molecule has 0 unspecified atom stereocenters. The van der Waals surface area contributed by atoms with Crippen LogP contribution in [0.3, 0.4) is 0 Å². The highest BCUT2D eigenvalue weighted by atomic mass is 16.2. The van der Waals surface area contributed by atoms with Crippen LogP contribution in [0.1, 0.15) is 47.5 Å². The zero-order chi connectivity index (χ0) is 13.8. The molecular weight excluding hydrogens is 242 g/mol. The number of carbonyl (C=O) groups is 2. The van der Waals surface area contributed by atoms with Crippen LogP contribution in [0.5, 0.6) is 0 Å². The Bertz CT molecular complexity index is 481. The van der Waals surface area contributed by atoms with Crippen LogP contribution in [0.4, 0.5) is 0 Å². The zero-order valence-corrected chi connectivity index (χ0v) is 11.3. The Morgan fingerprint density at radius 3 is 2.74 bits per heavy atom. The summed E-state index contributed by atoms with van der Waals surface area (Å²) in [7, 11) is 0. The van der Waals surface area contributed by atoms with Crippen molar-refractivity contribution >= 4 is 11.8 Å². The molecule has 19 heavy (non-hydrogen) atoms. The van der Waals surface area contributed by atoms with Gasteiger partial charge in [-0.05, 0) is 30.9 Å². The highest BCUT2D eigenvalue weighted by Gasteiger charge is 2.24. The summed E-state index contributed by atoms with van der Waals surface area (Å²) in [5, 5.41) is 5.67. The Balaban J connectivity index is 2.01. The van der Waals surface area contributed by atoms with Crippen molar-refractivity contribution in [2.75, 3.05) is 6.54 Å². The molecule has 0 radical (unpaired) electrons. The Hall–Kier alpha value is -1.91. The predicted octanol–water partition coefficient (Wildman–Crippen LogP) is 1.36. The first-order valence-electron chi connectivity index (χ1n) is 6.61. The standard InChI is InChI=1S/C14H19N3O2/c1-9(2)8-16-14(19)12-7-10(5-6-15-12)13(18)17-11-3-4-11/h5-7,9,11H,3-4,8H2,1-2H3,(H,16,19)(H,17,18). The molecule has 0 aromatic carbocycles. The molecule has 102 valence electrons. The van der Waals surface area contributed by atoms with E-state index in [0.29, 0.717) is 24.1 Å². The van der Waals surface area contributed by atoms with Gasteiger partial charge in [0.05, 0.1) is 0 Å². The molecule has 0 spiro atoms. The Labute approximate surface area is 112 Å². The van der Waals surface area contributed by atoms with Crippen LogP contribution in [0.2, 0.25) is 0 Å². The van der Waals surface area contributed by atoms with Crippen molar-refractivity contribution in [1.29, 1.82) is 0 Å². The second kappa shape index (κ2) is 5.82. The topological polar surface area (TPSA) is 71.1 Å². The molecule has 5 nitrogen and oxygen atoms in total. The number of nitrogens with one attached hydrogen (secondary N) is 2. The van der Waals surface area contributed by atoms with Crippen LogP contribution in [0.15, 0.2) is 18.3 Å². The molecule has 2 N–H and O–H groups in total. The summed E-state index contributed by atoms with van der Waals surface area (Å²) >= 11 is 0. The van der Waals surface area contributed by atoms with Gasteiger partial charge in [-0.1, -0.05) is 13.8 Å². The molecule has 2 amide bonds. The minimum atomic E-state index is -0.241. The number of rotatable bonds is 5. The Kier molecular flexibility index (Phi) is 4.14. The first-order chi connectivity index (χ1) is 9.06. The van der Waals surface area contributed by atoms with Crippen molar-refractivity contribution in [3.05, 3.63) is 29.6 Å². The average Bonchev–Trinajstić information content (AvgIpc) is 3.20. The summed E-state index contributed by atoms with van der Waals surface area (Å²) in [4.78, 5) is 27.7. The van der Waals surface area contributed by atoms with Crippen molar-refractivity contribution in [1.82, 2.24) is 15.6 Å². The van der Waals surface area contributed by atoms with E-state index in [1.54, 1.807) is 6.07 Å². The fourth-order valence-corrected chi connectivity index (χ4v) is 1.58. The van der Waals surface area contributed by atoms with Crippen LogP contribution in [0, 0.1) is 5.92 Å². The molecule has 1 aromatic rings. The molecule has 0 bridgehead atoms. The highest BCUT2D eigenvalue weighted by Crippen LogP contribution is 2.19. The lowest BCUT2D eigenvalue weighted by Crippen LogP contribution is -2.29. The summed E-state index contributed by atoms with van der Waals surface area (Å²) in [6.45, 7) is 4.64. The number of hydrogen-bond donors (Lipinski definition) is 2. The maximum Gasteiger partial charge on any atom is 0.269 e. The van der Waals surface area contributed by atoms with Crippen LogP contribution in [-0.2, 0) is 0 Å². The number of nitrogens with zero attached hydrogens (tertiary/aromatic N) is 1. The van der Waals surface area contributed by atoms with Gasteiger partial charge in [0.15, 0.2) is 0 Å². The molecule has 0 atom stereocenters. The summed E-state index contributed by atoms with van der Waals surface area (Å²) in [5.41, 5.74) is 0.765. The molecule has 1 aliphatic carbocycles. The van der Waals surface area contributed by atoms with E-state index in [4.69, 9.17) is 0 Å². The number of carbonyl (C=O) groups excluding carboxylic acids is 2. The predicted molar refractivity (Wildman–Crippen MR) is 71.9 cm³/mol. The minimum absolute atomic E-state index is 0.136. The molecule has 2 rings (SSSR count). The zero-order valence-electron chi connectivity index (χ0n) is 11.3. The maximum absolute atomic E-state index is 11.9. The van der Waals surface area contributed by atoms with E-state index in [-0.39, 0.29) is 17.5 Å². The SMILES string of the molecule is CC(C)CNC(=O)c1cc(C(=O)NC2CC2)ccn1. The smallest absolute Gasteiger partial charge is 0.269 e. The molecule has 0 saturated heterocycles. The third kappa shape index (κ3) is 4.05. The van der Waals surface area contributed by atoms with Gasteiger partial charge < -0.3 is 10.6 Å². The summed E-state index contributed by atoms with van der Waals surface area (Å²) < 4.78 is 0. The Morgan fingerprint density at radius 2 is 2.11 bits per heavy atom. The number of amides is 2. The van der Waals surface area contributed by atoms with Gasteiger partial charge in [0.1, 0.15) is 5.69 Å². The average molecular weight is 261 g/mol. The third-order valence-corrected chi connectivity index (χ3v) is 2.84. The molecule has 1 saturated carbocycles. The highest BCUT2D eigenvalue weighted by molar-refractivity contribution is 5.98. The second-order valence-electron chi connectivity index (χ2n) is 5.28. The summed E-state index contributed by atoms with van der Waals surface area (Å²) in [5.74, 6) is 0.00267. The molecule has 1 heterocycles. The van der Waals surface area contributed by atoms with Gasteiger partial charge in [0.2, 0.25) is 0 Å². The quantitative estimate of drug-likeness (QED) is 0.840. The monoisotopic (exact) mass is 261 g/mol. The van der Waals surface area contributed by atoms with E-state index in [1.807, 2.05) is 13.8 Å². The second-order valence-corrected chi connectivity index (χ2v) is 5.28. The van der Waals surface area contributed by atoms with Crippen molar-refractivity contribution in [3.63, 3.8) is 0 Å². The van der Waals surface area contributed by atoms with Crippen molar-refractivity contribution in [3.8, 4) is 0 Å². The lowest BCUT2D eigenvalue weighted by atomic mass is 10.2. The molecule has 5 heteroatoms. The fourth-order valence-electron chi connectivity index (χ4n) is 1.58. The van der Waals surface area contributed by atoms with Crippen LogP contribution in [0.25, 0.3) is 0 Å². The fraction of sp³-hybridized carbons (Fsp3) is 0.500. The normalized spacial score (nSPS) is 14.3. The van der Waals surface area contributed by atoms with Gasteiger partial charge >= 0.3 is 0 Å². The van der Waals surface area contributed by atoms with Crippen LogP contribution < -0.4 is 10.6 Å². The first kappa shape index (κ1) is 13.5. The minimum Gasteiger partial charge on any atom is -0.350 e. The Morgan fingerprint density at radius 1 is 1.37 bits per heavy atom. The van der Waals surface area contributed by atoms with Gasteiger partial charge in [0, 0.05) is 24.3 Å². The largest absolute Gasteiger partial charge is 0.350 e. The van der Waals surface area contributed by atoms with Gasteiger partial charge in [-0.25, -0.2) is 0 Å². The number of hydrogen-bond acceptors (Lipinski definition) is 3. The number of aromatic nitrogens is 1. The maximum atomic E-state index is 11.9. The van der Waals surface area contributed by atoms with Crippen molar-refractivity contribution in [2.45, 2.75) is 32.7 Å². The van der Waals surface area contributed by atoms with Gasteiger partial charge in [-0.15, -0.1) is 0 Å². The van der Waals surface area contributed by atoms with Crippen LogP contribution in [-0.4, -0.2) is 29.4 Å². The van der Waals surface area contributed by atoms with Crippen molar-refractivity contribution < 1.29 is 9.59 Å². The van der Waals surface area contributed by atoms with E-state index in [0.717, 1.165) is 12.8 Å². The van der Waals surface area contributed by atoms with Gasteiger partial charge in [-0.2, -0.15) is 0 Å². The first-order valence-corrected chi connectivity index (χ1v) is 6.61. The third-order valence-electron chi connectivity index (χ3n) is 2.84. The van der Waals surface area contributed by atoms with Crippen molar-refractivity contribution in [2.24, 2.45) is 5.92 Å². The van der Waals surface area contributed by atoms with E-state index < -0.39 is 0 Å². The van der Waals surface area contributed by atoms with Gasteiger partial charge in [0.25, 0.3) is 11.8 Å². The molecule has 0 aliphatic heterocycles. The van der Waals surface area contributed by atoms with Crippen LogP contribution >= 0.6 is 0 Å². The molecular formula is C14H19N3O2. The van der Waals surface area contributed by atoms with E-state index >= 15 is 0 Å². The van der Waals surface area contributed by atoms with E-state index in [2.05, 4.69) is 15.6 Å². The summed E-state index contributed by atoms with van der Waals surface area (Å²) in [6.07, 6.45) is 3.57. The number of pyridine rings is 1. The molecule has 1 fully saturated rings. The van der Waals surface area contributed by atoms with E-state index in [9.17, 15) is 9.59 Å². The molecule has 1 aromatic heterocycles.